The van der Waals surface area contributed by atoms with Crippen LogP contribution in [0.4, 0.5) is 0 Å². The number of benzene rings is 1. The van der Waals surface area contributed by atoms with E-state index < -0.39 is 0 Å². The molecule has 23 heavy (non-hydrogen) atoms. The van der Waals surface area contributed by atoms with Gasteiger partial charge in [0, 0.05) is 18.2 Å². The van der Waals surface area contributed by atoms with E-state index in [1.54, 1.807) is 12.1 Å². The van der Waals surface area contributed by atoms with Crippen molar-refractivity contribution in [2.75, 3.05) is 20.3 Å². The van der Waals surface area contributed by atoms with Crippen LogP contribution in [0.3, 0.4) is 0 Å². The molecule has 0 spiro atoms. The van der Waals surface area contributed by atoms with Gasteiger partial charge in [0.15, 0.2) is 11.5 Å². The van der Waals surface area contributed by atoms with Crippen molar-refractivity contribution < 1.29 is 14.3 Å². The molecule has 0 bridgehead atoms. The average molecular weight is 343 g/mol. The summed E-state index contributed by atoms with van der Waals surface area (Å²) in [7, 11) is 1.53. The average Bonchev–Trinajstić information content (AvgIpc) is 2.47. The van der Waals surface area contributed by atoms with Gasteiger partial charge in [-0.15, -0.1) is 0 Å². The monoisotopic (exact) mass is 342 g/mol. The maximum Gasteiger partial charge on any atom is 0.251 e. The molecule has 0 saturated heterocycles. The van der Waals surface area contributed by atoms with Gasteiger partial charge in [-0.3, -0.25) is 4.79 Å². The standard InChI is InChI=1S/C17H27ClN2O3/c1-11(2)6-8-23-16-14(18)9-13(10-15(16)22-4)17(21)20-7-5-12(3)19/h9-12H,5-8,19H2,1-4H3,(H,20,21). The van der Waals surface area contributed by atoms with Gasteiger partial charge in [-0.1, -0.05) is 25.4 Å². The van der Waals surface area contributed by atoms with Gasteiger partial charge in [-0.25, -0.2) is 0 Å². The van der Waals surface area contributed by atoms with Crippen molar-refractivity contribution >= 4 is 17.5 Å². The number of carbonyl (C=O) groups excluding carboxylic acids is 1. The lowest BCUT2D eigenvalue weighted by Gasteiger charge is -2.15. The molecular formula is C17H27ClN2O3. The van der Waals surface area contributed by atoms with Gasteiger partial charge >= 0.3 is 0 Å². The van der Waals surface area contributed by atoms with E-state index in [1.165, 1.54) is 7.11 Å². The fraction of sp³-hybridized carbons (Fsp3) is 0.588. The minimum absolute atomic E-state index is 0.0464. The third-order valence-electron chi connectivity index (χ3n) is 3.32. The summed E-state index contributed by atoms with van der Waals surface area (Å²) in [5, 5.41) is 3.18. The van der Waals surface area contributed by atoms with E-state index in [0.29, 0.717) is 47.6 Å². The van der Waals surface area contributed by atoms with Gasteiger partial charge < -0.3 is 20.5 Å². The van der Waals surface area contributed by atoms with Gasteiger partial charge in [-0.2, -0.15) is 0 Å². The summed E-state index contributed by atoms with van der Waals surface area (Å²) in [4.78, 5) is 12.2. The molecule has 0 aliphatic heterocycles. The van der Waals surface area contributed by atoms with Gasteiger partial charge in [0.1, 0.15) is 0 Å². The summed E-state index contributed by atoms with van der Waals surface area (Å²) >= 11 is 6.25. The Hall–Kier alpha value is -1.46. The third kappa shape index (κ3) is 6.67. The molecule has 0 heterocycles. The number of methoxy groups -OCH3 is 1. The Morgan fingerprint density at radius 3 is 2.57 bits per heavy atom. The number of nitrogens with two attached hydrogens (primary N) is 1. The Bertz CT molecular complexity index is 519. The van der Waals surface area contributed by atoms with Crippen LogP contribution in [0.5, 0.6) is 11.5 Å². The molecule has 0 saturated carbocycles. The smallest absolute Gasteiger partial charge is 0.251 e. The van der Waals surface area contributed by atoms with Crippen molar-refractivity contribution in [2.24, 2.45) is 11.7 Å². The number of hydrogen-bond acceptors (Lipinski definition) is 4. The molecule has 0 aliphatic rings. The molecule has 0 radical (unpaired) electrons. The fourth-order valence-electron chi connectivity index (χ4n) is 1.90. The Balaban J connectivity index is 2.80. The topological polar surface area (TPSA) is 73.6 Å². The molecule has 0 fully saturated rings. The number of ether oxygens (including phenoxy) is 2. The maximum atomic E-state index is 12.2. The van der Waals surface area contributed by atoms with E-state index in [4.69, 9.17) is 26.8 Å². The van der Waals surface area contributed by atoms with Crippen molar-refractivity contribution in [2.45, 2.75) is 39.7 Å². The highest BCUT2D eigenvalue weighted by Gasteiger charge is 2.16. The Kier molecular flexibility index (Phi) is 8.20. The number of carbonyl (C=O) groups is 1. The number of nitrogens with one attached hydrogen (secondary N) is 1. The second kappa shape index (κ2) is 9.63. The number of hydrogen-bond donors (Lipinski definition) is 2. The van der Waals surface area contributed by atoms with E-state index in [9.17, 15) is 4.79 Å². The van der Waals surface area contributed by atoms with Crippen LogP contribution in [0.1, 0.15) is 44.0 Å². The number of halogens is 1. The lowest BCUT2D eigenvalue weighted by atomic mass is 10.1. The van der Waals surface area contributed by atoms with Crippen LogP contribution in [0.15, 0.2) is 12.1 Å². The zero-order valence-corrected chi connectivity index (χ0v) is 15.1. The van der Waals surface area contributed by atoms with E-state index in [1.807, 2.05) is 6.92 Å². The van der Waals surface area contributed by atoms with Crippen LogP contribution in [0.2, 0.25) is 5.02 Å². The van der Waals surface area contributed by atoms with Crippen LogP contribution in [-0.4, -0.2) is 32.2 Å². The Morgan fingerprint density at radius 1 is 1.30 bits per heavy atom. The van der Waals surface area contributed by atoms with Gasteiger partial charge in [0.05, 0.1) is 18.7 Å². The molecule has 1 aromatic rings. The normalized spacial score (nSPS) is 12.1. The lowest BCUT2D eigenvalue weighted by Crippen LogP contribution is -2.29. The third-order valence-corrected chi connectivity index (χ3v) is 3.60. The first kappa shape index (κ1) is 19.6. The minimum atomic E-state index is -0.209. The van der Waals surface area contributed by atoms with Gasteiger partial charge in [0.25, 0.3) is 5.91 Å². The molecule has 130 valence electrons. The first-order valence-corrected chi connectivity index (χ1v) is 8.27. The summed E-state index contributed by atoms with van der Waals surface area (Å²) in [6.45, 7) is 7.21. The minimum Gasteiger partial charge on any atom is -0.493 e. The van der Waals surface area contributed by atoms with E-state index in [2.05, 4.69) is 19.2 Å². The molecule has 6 heteroatoms. The first-order valence-electron chi connectivity index (χ1n) is 7.89. The summed E-state index contributed by atoms with van der Waals surface area (Å²) < 4.78 is 11.0. The van der Waals surface area contributed by atoms with Crippen LogP contribution >= 0.6 is 11.6 Å². The second-order valence-electron chi connectivity index (χ2n) is 6.04. The second-order valence-corrected chi connectivity index (χ2v) is 6.45. The SMILES string of the molecule is COc1cc(C(=O)NCCC(C)N)cc(Cl)c1OCCC(C)C. The molecule has 1 rings (SSSR count). The molecule has 0 aromatic heterocycles. The quantitative estimate of drug-likeness (QED) is 0.722. The molecule has 0 aliphatic carbocycles. The largest absolute Gasteiger partial charge is 0.493 e. The zero-order chi connectivity index (χ0) is 17.4. The van der Waals surface area contributed by atoms with Gasteiger partial charge in [0.2, 0.25) is 0 Å². The molecule has 5 nitrogen and oxygen atoms in total. The zero-order valence-electron chi connectivity index (χ0n) is 14.3. The van der Waals surface area contributed by atoms with Crippen LogP contribution in [0.25, 0.3) is 0 Å². The molecule has 1 atom stereocenters. The maximum absolute atomic E-state index is 12.2. The number of amides is 1. The summed E-state index contributed by atoms with van der Waals surface area (Å²) in [5.41, 5.74) is 6.10. The molecular weight excluding hydrogens is 316 g/mol. The van der Waals surface area contributed by atoms with E-state index in [-0.39, 0.29) is 11.9 Å². The predicted molar refractivity (Wildman–Crippen MR) is 93.6 cm³/mol. The predicted octanol–water partition coefficient (Wildman–Crippen LogP) is 3.24. The van der Waals surface area contributed by atoms with Crippen molar-refractivity contribution in [1.82, 2.24) is 5.32 Å². The highest BCUT2D eigenvalue weighted by Crippen LogP contribution is 2.36. The van der Waals surface area contributed by atoms with Crippen molar-refractivity contribution in [3.63, 3.8) is 0 Å². The van der Waals surface area contributed by atoms with Crippen LogP contribution in [-0.2, 0) is 0 Å². The van der Waals surface area contributed by atoms with E-state index >= 15 is 0 Å². The van der Waals surface area contributed by atoms with Crippen LogP contribution < -0.4 is 20.5 Å². The Morgan fingerprint density at radius 2 is 2.00 bits per heavy atom. The number of rotatable bonds is 9. The first-order chi connectivity index (χ1) is 10.8. The van der Waals surface area contributed by atoms with Crippen molar-refractivity contribution in [1.29, 1.82) is 0 Å². The molecule has 3 N–H and O–H groups in total. The summed E-state index contributed by atoms with van der Waals surface area (Å²) in [5.74, 6) is 1.26. The summed E-state index contributed by atoms with van der Waals surface area (Å²) in [6, 6.07) is 3.28. The molecule has 1 amide bonds. The van der Waals surface area contributed by atoms with Gasteiger partial charge in [-0.05, 0) is 37.8 Å². The molecule has 1 unspecified atom stereocenters. The van der Waals surface area contributed by atoms with E-state index in [0.717, 1.165) is 6.42 Å². The van der Waals surface area contributed by atoms with Crippen molar-refractivity contribution in [3.8, 4) is 11.5 Å². The fourth-order valence-corrected chi connectivity index (χ4v) is 2.17. The molecule has 1 aromatic carbocycles. The van der Waals surface area contributed by atoms with Crippen molar-refractivity contribution in [3.05, 3.63) is 22.7 Å². The highest BCUT2D eigenvalue weighted by atomic mass is 35.5. The lowest BCUT2D eigenvalue weighted by molar-refractivity contribution is 0.0952. The highest BCUT2D eigenvalue weighted by molar-refractivity contribution is 6.32. The Labute approximate surface area is 143 Å². The summed E-state index contributed by atoms with van der Waals surface area (Å²) in [6.07, 6.45) is 1.63. The van der Waals surface area contributed by atoms with Crippen LogP contribution in [0, 0.1) is 5.92 Å².